The van der Waals surface area contributed by atoms with Crippen molar-refractivity contribution in [3.63, 3.8) is 0 Å². The fourth-order valence-corrected chi connectivity index (χ4v) is 5.42. The van der Waals surface area contributed by atoms with Crippen LogP contribution in [0.2, 0.25) is 0 Å². The van der Waals surface area contributed by atoms with Crippen LogP contribution in [0.4, 0.5) is 11.4 Å². The minimum absolute atomic E-state index is 0.188. The maximum atomic E-state index is 11.6. The largest absolute Gasteiger partial charge is 0.478 e. The van der Waals surface area contributed by atoms with Crippen LogP contribution in [0.1, 0.15) is 44.3 Å². The Labute approximate surface area is 234 Å². The van der Waals surface area contributed by atoms with Gasteiger partial charge in [0.1, 0.15) is 17.6 Å². The van der Waals surface area contributed by atoms with Crippen molar-refractivity contribution in [3.05, 3.63) is 102 Å². The van der Waals surface area contributed by atoms with Crippen LogP contribution in [0, 0.1) is 0 Å². The summed E-state index contributed by atoms with van der Waals surface area (Å²) in [6.45, 7) is 0. The van der Waals surface area contributed by atoms with Gasteiger partial charge in [0.15, 0.2) is 5.11 Å². The summed E-state index contributed by atoms with van der Waals surface area (Å²) in [4.78, 5) is 29.5. The smallest absolute Gasteiger partial charge is 0.335 e. The highest BCUT2D eigenvalue weighted by molar-refractivity contribution is 7.92. The number of carbonyl (C=O) groups is 2. The number of sulfonamides is 1. The number of pyridine rings is 1. The molecular formula is C27H22N4O7S2. The summed E-state index contributed by atoms with van der Waals surface area (Å²) >= 11 is 5.69. The quantitative estimate of drug-likeness (QED) is 0.221. The van der Waals surface area contributed by atoms with E-state index in [0.717, 1.165) is 12.3 Å². The van der Waals surface area contributed by atoms with Crippen molar-refractivity contribution in [1.29, 1.82) is 0 Å². The summed E-state index contributed by atoms with van der Waals surface area (Å²) < 4.78 is 31.9. The lowest BCUT2D eigenvalue weighted by atomic mass is 10.0. The Hall–Kier alpha value is -4.75. The molecule has 0 saturated carbocycles. The van der Waals surface area contributed by atoms with Crippen LogP contribution in [0.25, 0.3) is 11.3 Å². The van der Waals surface area contributed by atoms with Crippen molar-refractivity contribution in [2.75, 3.05) is 15.9 Å². The lowest BCUT2D eigenvalue weighted by Crippen LogP contribution is -2.29. The maximum Gasteiger partial charge on any atom is 0.335 e. The summed E-state index contributed by atoms with van der Waals surface area (Å²) in [6.07, 6.45) is 2.72. The van der Waals surface area contributed by atoms with Crippen molar-refractivity contribution >= 4 is 50.7 Å². The first kappa shape index (κ1) is 26.8. The van der Waals surface area contributed by atoms with Crippen LogP contribution in [-0.4, -0.2) is 46.9 Å². The fourth-order valence-electron chi connectivity index (χ4n) is 4.51. The average Bonchev–Trinajstić information content (AvgIpc) is 3.53. The molecule has 2 aromatic heterocycles. The van der Waals surface area contributed by atoms with E-state index in [9.17, 15) is 28.2 Å². The van der Waals surface area contributed by atoms with E-state index in [4.69, 9.17) is 16.6 Å². The summed E-state index contributed by atoms with van der Waals surface area (Å²) in [7, 11) is -3.46. The Bertz CT molecular complexity index is 1690. The number of benzene rings is 2. The molecule has 1 aliphatic rings. The van der Waals surface area contributed by atoms with E-state index in [0.29, 0.717) is 27.9 Å². The molecule has 11 nitrogen and oxygen atoms in total. The van der Waals surface area contributed by atoms with Crippen LogP contribution >= 0.6 is 12.2 Å². The standard InChI is InChI=1S/C27H22N4O7S2/c1-40(36,37)30-18-5-7-19(8-6-18)31-24(23(29-27(31)39)20-4-2-3-11-28-20)22-10-9-21(38-22)15-12-16(25(32)33)14-17(13-15)26(34)35/h2-14,23-24,30H,1H3,(H,29,39)(H,32,33)(H,34,35)/t23-,24+/m1/s1. The summed E-state index contributed by atoms with van der Waals surface area (Å²) in [6, 6.07) is 18.3. The van der Waals surface area contributed by atoms with Gasteiger partial charge in [0, 0.05) is 23.1 Å². The lowest BCUT2D eigenvalue weighted by molar-refractivity contribution is 0.0696. The predicted octanol–water partition coefficient (Wildman–Crippen LogP) is 4.29. The van der Waals surface area contributed by atoms with Crippen molar-refractivity contribution < 1.29 is 32.6 Å². The summed E-state index contributed by atoms with van der Waals surface area (Å²) in [5.74, 6) is -1.81. The molecule has 0 radical (unpaired) electrons. The Morgan fingerprint density at radius 3 is 2.25 bits per heavy atom. The van der Waals surface area contributed by atoms with E-state index in [2.05, 4.69) is 15.0 Å². The van der Waals surface area contributed by atoms with Gasteiger partial charge in [-0.05, 0) is 78.9 Å². The molecular weight excluding hydrogens is 556 g/mol. The Morgan fingerprint density at radius 1 is 1.00 bits per heavy atom. The van der Waals surface area contributed by atoms with E-state index < -0.39 is 34.0 Å². The van der Waals surface area contributed by atoms with Gasteiger partial charge >= 0.3 is 11.9 Å². The first-order chi connectivity index (χ1) is 19.0. The highest BCUT2D eigenvalue weighted by atomic mass is 32.2. The van der Waals surface area contributed by atoms with Gasteiger partial charge in [-0.2, -0.15) is 0 Å². The minimum atomic E-state index is -3.46. The topological polar surface area (TPSA) is 162 Å². The van der Waals surface area contributed by atoms with Crippen molar-refractivity contribution in [2.45, 2.75) is 12.1 Å². The van der Waals surface area contributed by atoms with Crippen LogP contribution in [-0.2, 0) is 10.0 Å². The number of hydrogen-bond acceptors (Lipinski definition) is 7. The number of hydrogen-bond donors (Lipinski definition) is 4. The van der Waals surface area contributed by atoms with Crippen molar-refractivity contribution in [1.82, 2.24) is 10.3 Å². The molecule has 2 atom stereocenters. The molecule has 204 valence electrons. The number of aromatic carboxylic acids is 2. The third-order valence-corrected chi connectivity index (χ3v) is 7.10. The van der Waals surface area contributed by atoms with Gasteiger partial charge in [0.2, 0.25) is 10.0 Å². The predicted molar refractivity (Wildman–Crippen MR) is 151 cm³/mol. The summed E-state index contributed by atoms with van der Waals surface area (Å²) in [5, 5.41) is 22.6. The van der Waals surface area contributed by atoms with Crippen molar-refractivity contribution in [2.24, 2.45) is 0 Å². The van der Waals surface area contributed by atoms with E-state index in [1.54, 1.807) is 48.7 Å². The van der Waals surface area contributed by atoms with E-state index >= 15 is 0 Å². The van der Waals surface area contributed by atoms with Gasteiger partial charge in [-0.3, -0.25) is 9.71 Å². The van der Waals surface area contributed by atoms with E-state index in [-0.39, 0.29) is 22.5 Å². The molecule has 4 aromatic rings. The zero-order valence-electron chi connectivity index (χ0n) is 20.8. The van der Waals surface area contributed by atoms with E-state index in [1.807, 2.05) is 17.0 Å². The number of anilines is 2. The van der Waals surface area contributed by atoms with Crippen LogP contribution in [0.3, 0.4) is 0 Å². The molecule has 5 rings (SSSR count). The molecule has 0 bridgehead atoms. The molecule has 0 spiro atoms. The van der Waals surface area contributed by atoms with E-state index in [1.165, 1.54) is 12.1 Å². The first-order valence-corrected chi connectivity index (χ1v) is 14.1. The molecule has 1 aliphatic heterocycles. The number of carboxylic acids is 2. The maximum absolute atomic E-state index is 11.6. The third-order valence-electron chi connectivity index (χ3n) is 6.18. The molecule has 0 amide bonds. The fraction of sp³-hybridized carbons (Fsp3) is 0.111. The van der Waals surface area contributed by atoms with Gasteiger partial charge in [-0.1, -0.05) is 6.07 Å². The van der Waals surface area contributed by atoms with Gasteiger partial charge in [0.05, 0.1) is 29.1 Å². The van der Waals surface area contributed by atoms with Gasteiger partial charge in [-0.15, -0.1) is 0 Å². The number of nitrogens with one attached hydrogen (secondary N) is 2. The van der Waals surface area contributed by atoms with Crippen LogP contribution < -0.4 is 14.9 Å². The zero-order chi connectivity index (χ0) is 28.6. The zero-order valence-corrected chi connectivity index (χ0v) is 22.4. The average molecular weight is 579 g/mol. The molecule has 0 aliphatic carbocycles. The van der Waals surface area contributed by atoms with Gasteiger partial charge < -0.3 is 24.8 Å². The van der Waals surface area contributed by atoms with Crippen LogP contribution in [0.15, 0.2) is 83.4 Å². The number of nitrogens with zero attached hydrogens (tertiary/aromatic N) is 2. The first-order valence-electron chi connectivity index (χ1n) is 11.8. The second-order valence-electron chi connectivity index (χ2n) is 9.03. The molecule has 1 fully saturated rings. The second-order valence-corrected chi connectivity index (χ2v) is 11.2. The van der Waals surface area contributed by atoms with Crippen molar-refractivity contribution in [3.8, 4) is 11.3 Å². The van der Waals surface area contributed by atoms with Gasteiger partial charge in [0.25, 0.3) is 0 Å². The molecule has 40 heavy (non-hydrogen) atoms. The SMILES string of the molecule is CS(=O)(=O)Nc1ccc(N2C(=S)N[C@H](c3ccccn3)[C@@H]2c2ccc(-c3cc(C(=O)O)cc(C(=O)O)c3)o2)cc1. The highest BCUT2D eigenvalue weighted by Gasteiger charge is 2.42. The molecule has 0 unspecified atom stereocenters. The number of furan rings is 1. The number of aromatic nitrogens is 1. The number of carboxylic acid groups (broad SMARTS) is 2. The molecule has 3 heterocycles. The van der Waals surface area contributed by atoms with Gasteiger partial charge in [-0.25, -0.2) is 18.0 Å². The Morgan fingerprint density at radius 2 is 1.68 bits per heavy atom. The van der Waals surface area contributed by atoms with Crippen LogP contribution in [0.5, 0.6) is 0 Å². The number of rotatable bonds is 8. The molecule has 4 N–H and O–H groups in total. The highest BCUT2D eigenvalue weighted by Crippen LogP contribution is 2.43. The Kier molecular flexibility index (Phi) is 7.00. The molecule has 2 aromatic carbocycles. The third kappa shape index (κ3) is 5.51. The monoisotopic (exact) mass is 578 g/mol. The lowest BCUT2D eigenvalue weighted by Gasteiger charge is -2.26. The minimum Gasteiger partial charge on any atom is -0.478 e. The Balaban J connectivity index is 1.58. The molecule has 1 saturated heterocycles. The number of thiocarbonyl (C=S) groups is 1. The second kappa shape index (κ2) is 10.4. The normalized spacial score (nSPS) is 16.9. The molecule has 13 heteroatoms. The summed E-state index contributed by atoms with van der Waals surface area (Å²) in [5.41, 5.74) is 1.63.